The minimum atomic E-state index is -1.09. The molecule has 110 valence electrons. The molecular formula is C12H18N4O4. The maximum absolute atomic E-state index is 11.7. The molecule has 1 aromatic rings. The SMILES string of the molecule is O=C(NCC1CCCO1)N[C@H](Cc1cnc[nH]1)C(=O)O. The van der Waals surface area contributed by atoms with Crippen molar-refractivity contribution in [3.63, 3.8) is 0 Å². The number of carbonyl (C=O) groups excluding carboxylic acids is 1. The van der Waals surface area contributed by atoms with Crippen LogP contribution in [0.3, 0.4) is 0 Å². The van der Waals surface area contributed by atoms with Crippen molar-refractivity contribution in [2.75, 3.05) is 13.2 Å². The first-order valence-corrected chi connectivity index (χ1v) is 6.51. The molecular weight excluding hydrogens is 264 g/mol. The molecule has 1 unspecified atom stereocenters. The smallest absolute Gasteiger partial charge is 0.326 e. The van der Waals surface area contributed by atoms with E-state index in [4.69, 9.17) is 9.84 Å². The first kappa shape index (κ1) is 14.3. The number of H-pyrrole nitrogens is 1. The Morgan fingerprint density at radius 3 is 3.05 bits per heavy atom. The van der Waals surface area contributed by atoms with Crippen LogP contribution in [0.25, 0.3) is 0 Å². The summed E-state index contributed by atoms with van der Waals surface area (Å²) in [5.41, 5.74) is 0.650. The van der Waals surface area contributed by atoms with Gasteiger partial charge in [-0.3, -0.25) is 0 Å². The number of urea groups is 1. The molecule has 8 nitrogen and oxygen atoms in total. The fraction of sp³-hybridized carbons (Fsp3) is 0.583. The molecule has 2 rings (SSSR count). The second kappa shape index (κ2) is 6.90. The lowest BCUT2D eigenvalue weighted by Gasteiger charge is -2.16. The van der Waals surface area contributed by atoms with Crippen LogP contribution in [0.1, 0.15) is 18.5 Å². The lowest BCUT2D eigenvalue weighted by atomic mass is 10.1. The van der Waals surface area contributed by atoms with Crippen molar-refractivity contribution in [1.29, 1.82) is 0 Å². The van der Waals surface area contributed by atoms with Gasteiger partial charge >= 0.3 is 12.0 Å². The number of aromatic amines is 1. The van der Waals surface area contributed by atoms with Gasteiger partial charge in [-0.05, 0) is 12.8 Å². The van der Waals surface area contributed by atoms with Crippen LogP contribution in [-0.4, -0.2) is 52.4 Å². The van der Waals surface area contributed by atoms with E-state index in [1.807, 2.05) is 0 Å². The number of aromatic nitrogens is 2. The van der Waals surface area contributed by atoms with E-state index in [0.717, 1.165) is 12.8 Å². The number of rotatable bonds is 6. The third-order valence-electron chi connectivity index (χ3n) is 3.10. The Morgan fingerprint density at radius 2 is 2.45 bits per heavy atom. The fourth-order valence-electron chi connectivity index (χ4n) is 2.04. The summed E-state index contributed by atoms with van der Waals surface area (Å²) in [6, 6.07) is -1.51. The van der Waals surface area contributed by atoms with Crippen LogP contribution in [0, 0.1) is 0 Å². The predicted octanol–water partition coefficient (Wildman–Crippen LogP) is -0.116. The Kier molecular flexibility index (Phi) is 4.94. The number of nitrogens with zero attached hydrogens (tertiary/aromatic N) is 1. The maximum atomic E-state index is 11.7. The van der Waals surface area contributed by atoms with Crippen molar-refractivity contribution >= 4 is 12.0 Å². The third-order valence-corrected chi connectivity index (χ3v) is 3.10. The van der Waals surface area contributed by atoms with Crippen LogP contribution >= 0.6 is 0 Å². The summed E-state index contributed by atoms with van der Waals surface area (Å²) in [6.07, 6.45) is 5.08. The molecule has 0 radical (unpaired) electrons. The van der Waals surface area contributed by atoms with Gasteiger partial charge in [-0.1, -0.05) is 0 Å². The Morgan fingerprint density at radius 1 is 1.60 bits per heavy atom. The van der Waals surface area contributed by atoms with Gasteiger partial charge in [-0.2, -0.15) is 0 Å². The molecule has 20 heavy (non-hydrogen) atoms. The van der Waals surface area contributed by atoms with Gasteiger partial charge < -0.3 is 25.5 Å². The van der Waals surface area contributed by atoms with Gasteiger partial charge in [0.15, 0.2) is 0 Å². The summed E-state index contributed by atoms with van der Waals surface area (Å²) in [7, 11) is 0. The van der Waals surface area contributed by atoms with Crippen molar-refractivity contribution < 1.29 is 19.4 Å². The van der Waals surface area contributed by atoms with Crippen molar-refractivity contribution in [1.82, 2.24) is 20.6 Å². The zero-order chi connectivity index (χ0) is 14.4. The summed E-state index contributed by atoms with van der Waals surface area (Å²) in [6.45, 7) is 1.10. The highest BCUT2D eigenvalue weighted by molar-refractivity contribution is 5.82. The molecule has 2 heterocycles. The number of imidazole rings is 1. The van der Waals surface area contributed by atoms with Crippen molar-refractivity contribution in [3.05, 3.63) is 18.2 Å². The Balaban J connectivity index is 1.78. The minimum absolute atomic E-state index is 0.0247. The van der Waals surface area contributed by atoms with E-state index in [-0.39, 0.29) is 12.5 Å². The van der Waals surface area contributed by atoms with Gasteiger partial charge in [0, 0.05) is 31.5 Å². The molecule has 1 aromatic heterocycles. The van der Waals surface area contributed by atoms with Gasteiger partial charge in [0.25, 0.3) is 0 Å². The van der Waals surface area contributed by atoms with Crippen LogP contribution in [0.2, 0.25) is 0 Å². The quantitative estimate of drug-likeness (QED) is 0.580. The summed E-state index contributed by atoms with van der Waals surface area (Å²) >= 11 is 0. The number of amides is 2. The van der Waals surface area contributed by atoms with Crippen LogP contribution < -0.4 is 10.6 Å². The van der Waals surface area contributed by atoms with E-state index in [2.05, 4.69) is 20.6 Å². The lowest BCUT2D eigenvalue weighted by Crippen LogP contribution is -2.48. The monoisotopic (exact) mass is 282 g/mol. The number of ether oxygens (including phenoxy) is 1. The minimum Gasteiger partial charge on any atom is -0.480 e. The molecule has 2 amide bonds. The number of hydrogen-bond acceptors (Lipinski definition) is 4. The standard InChI is InChI=1S/C12H18N4O4/c17-11(18)10(4-8-5-13-7-15-8)16-12(19)14-6-9-2-1-3-20-9/h5,7,9-10H,1-4,6H2,(H,13,15)(H,17,18)(H2,14,16,19)/t9?,10-/m1/s1. The second-order valence-electron chi connectivity index (χ2n) is 4.66. The highest BCUT2D eigenvalue weighted by atomic mass is 16.5. The van der Waals surface area contributed by atoms with Gasteiger partial charge in [0.1, 0.15) is 6.04 Å². The molecule has 1 aliphatic rings. The zero-order valence-corrected chi connectivity index (χ0v) is 11.0. The molecule has 1 fully saturated rings. The normalized spacial score (nSPS) is 19.5. The third kappa shape index (κ3) is 4.23. The average molecular weight is 282 g/mol. The second-order valence-corrected chi connectivity index (χ2v) is 4.66. The Bertz CT molecular complexity index is 442. The molecule has 2 atom stereocenters. The lowest BCUT2D eigenvalue weighted by molar-refractivity contribution is -0.139. The highest BCUT2D eigenvalue weighted by Gasteiger charge is 2.22. The number of nitrogens with one attached hydrogen (secondary N) is 3. The number of carboxylic acid groups (broad SMARTS) is 1. The number of carboxylic acids is 1. The van der Waals surface area contributed by atoms with Crippen molar-refractivity contribution in [3.8, 4) is 0 Å². The molecule has 0 saturated carbocycles. The van der Waals surface area contributed by atoms with E-state index in [0.29, 0.717) is 18.8 Å². The van der Waals surface area contributed by atoms with Crippen LogP contribution in [0.4, 0.5) is 4.79 Å². The van der Waals surface area contributed by atoms with E-state index < -0.39 is 18.0 Å². The summed E-state index contributed by atoms with van der Waals surface area (Å²) < 4.78 is 5.37. The molecule has 1 aliphatic heterocycles. The van der Waals surface area contributed by atoms with Crippen LogP contribution in [0.15, 0.2) is 12.5 Å². The molecule has 4 N–H and O–H groups in total. The maximum Gasteiger partial charge on any atom is 0.326 e. The topological polar surface area (TPSA) is 116 Å². The van der Waals surface area contributed by atoms with Crippen molar-refractivity contribution in [2.45, 2.75) is 31.4 Å². The Hall–Kier alpha value is -2.09. The van der Waals surface area contributed by atoms with Gasteiger partial charge in [0.05, 0.1) is 12.4 Å². The van der Waals surface area contributed by atoms with Crippen LogP contribution in [0.5, 0.6) is 0 Å². The molecule has 0 spiro atoms. The van der Waals surface area contributed by atoms with Gasteiger partial charge in [0.2, 0.25) is 0 Å². The molecule has 0 bridgehead atoms. The first-order chi connectivity index (χ1) is 9.65. The van der Waals surface area contributed by atoms with E-state index in [1.54, 1.807) is 0 Å². The number of hydrogen-bond donors (Lipinski definition) is 4. The number of aliphatic carboxylic acids is 1. The first-order valence-electron chi connectivity index (χ1n) is 6.51. The Labute approximate surface area is 115 Å². The summed E-state index contributed by atoms with van der Waals surface area (Å²) in [5, 5.41) is 14.2. The zero-order valence-electron chi connectivity index (χ0n) is 11.0. The van der Waals surface area contributed by atoms with E-state index in [9.17, 15) is 9.59 Å². The summed E-state index contributed by atoms with van der Waals surface area (Å²) in [5.74, 6) is -1.09. The van der Waals surface area contributed by atoms with E-state index in [1.165, 1.54) is 12.5 Å². The highest BCUT2D eigenvalue weighted by Crippen LogP contribution is 2.10. The summed E-state index contributed by atoms with van der Waals surface area (Å²) in [4.78, 5) is 29.4. The van der Waals surface area contributed by atoms with Gasteiger partial charge in [-0.25, -0.2) is 14.6 Å². The molecule has 8 heteroatoms. The fourth-order valence-corrected chi connectivity index (χ4v) is 2.04. The van der Waals surface area contributed by atoms with Crippen LogP contribution in [-0.2, 0) is 16.0 Å². The van der Waals surface area contributed by atoms with E-state index >= 15 is 0 Å². The van der Waals surface area contributed by atoms with Gasteiger partial charge in [-0.15, -0.1) is 0 Å². The number of carbonyl (C=O) groups is 2. The molecule has 0 aliphatic carbocycles. The molecule has 1 saturated heterocycles. The van der Waals surface area contributed by atoms with Crippen molar-refractivity contribution in [2.24, 2.45) is 0 Å². The molecule has 0 aromatic carbocycles. The largest absolute Gasteiger partial charge is 0.480 e. The predicted molar refractivity (Wildman–Crippen MR) is 69.2 cm³/mol. The average Bonchev–Trinajstić information content (AvgIpc) is 3.08.